The Morgan fingerprint density at radius 1 is 1.24 bits per heavy atom. The summed E-state index contributed by atoms with van der Waals surface area (Å²) in [6.45, 7) is 3.67. The first kappa shape index (κ1) is 16.5. The summed E-state index contributed by atoms with van der Waals surface area (Å²) >= 11 is 0. The third kappa shape index (κ3) is 3.45. The number of nitrogens with zero attached hydrogens (tertiary/aromatic N) is 3. The van der Waals surface area contributed by atoms with Crippen molar-refractivity contribution in [2.24, 2.45) is 5.10 Å². The number of nitrogens with one attached hydrogen (secondary N) is 1. The maximum atomic E-state index is 11.4. The normalized spacial score (nSPS) is 11.0. The summed E-state index contributed by atoms with van der Waals surface area (Å²) in [6.07, 6.45) is 1.74. The predicted octanol–water partition coefficient (Wildman–Crippen LogP) is 3.05. The molecule has 0 unspecified atom stereocenters. The van der Waals surface area contributed by atoms with Gasteiger partial charge in [0, 0.05) is 17.6 Å². The van der Waals surface area contributed by atoms with Gasteiger partial charge in [0.1, 0.15) is 5.75 Å². The molecule has 3 aromatic rings. The van der Waals surface area contributed by atoms with Crippen LogP contribution in [0.1, 0.15) is 16.8 Å². The van der Waals surface area contributed by atoms with Crippen molar-refractivity contribution in [2.45, 2.75) is 13.8 Å². The molecule has 25 heavy (non-hydrogen) atoms. The molecule has 0 spiro atoms. The lowest BCUT2D eigenvalue weighted by Crippen LogP contribution is -2.25. The number of hydrogen-bond donors (Lipinski definition) is 1. The van der Waals surface area contributed by atoms with E-state index in [0.29, 0.717) is 27.7 Å². The molecule has 1 N–H and O–H groups in total. The highest BCUT2D eigenvalue weighted by molar-refractivity contribution is 5.82. The fourth-order valence-electron chi connectivity index (χ4n) is 2.40. The van der Waals surface area contributed by atoms with Crippen LogP contribution in [0.4, 0.5) is 5.69 Å². The van der Waals surface area contributed by atoms with E-state index in [-0.39, 0.29) is 0 Å². The van der Waals surface area contributed by atoms with Crippen LogP contribution in [0.25, 0.3) is 11.3 Å². The number of methoxy groups -OCH3 is 1. The number of rotatable bonds is 5. The summed E-state index contributed by atoms with van der Waals surface area (Å²) in [5.41, 5.74) is 7.38. The molecule has 0 amide bonds. The van der Waals surface area contributed by atoms with Crippen molar-refractivity contribution >= 4 is 11.9 Å². The summed E-state index contributed by atoms with van der Waals surface area (Å²) in [5, 5.41) is 19.5. The monoisotopic (exact) mass is 338 g/mol. The van der Waals surface area contributed by atoms with Crippen LogP contribution >= 0.6 is 0 Å². The van der Waals surface area contributed by atoms with E-state index < -0.39 is 0 Å². The third-order valence-corrected chi connectivity index (χ3v) is 3.87. The molecule has 0 saturated heterocycles. The van der Waals surface area contributed by atoms with Crippen molar-refractivity contribution in [3.05, 3.63) is 64.5 Å². The van der Waals surface area contributed by atoms with E-state index >= 15 is 0 Å². The maximum Gasteiger partial charge on any atom is 0.251 e. The molecular formula is C18H18N4O3. The average molecular weight is 338 g/mol. The van der Waals surface area contributed by atoms with Crippen LogP contribution in [0.5, 0.6) is 5.75 Å². The Balaban J connectivity index is 1.88. The van der Waals surface area contributed by atoms with Crippen molar-refractivity contribution in [2.75, 3.05) is 12.5 Å². The van der Waals surface area contributed by atoms with Crippen LogP contribution in [0, 0.1) is 19.1 Å². The van der Waals surface area contributed by atoms with Gasteiger partial charge in [-0.15, -0.1) is 0 Å². The second-order valence-electron chi connectivity index (χ2n) is 5.51. The van der Waals surface area contributed by atoms with Gasteiger partial charge in [0.15, 0.2) is 0 Å². The third-order valence-electron chi connectivity index (χ3n) is 3.87. The number of hydrogen-bond acceptors (Lipinski definition) is 6. The number of benzene rings is 2. The second-order valence-corrected chi connectivity index (χ2v) is 5.51. The Labute approximate surface area is 145 Å². The van der Waals surface area contributed by atoms with Gasteiger partial charge in [-0.3, -0.25) is 10.1 Å². The number of aromatic nitrogens is 2. The first-order chi connectivity index (χ1) is 12.1. The smallest absolute Gasteiger partial charge is 0.251 e. The van der Waals surface area contributed by atoms with Crippen molar-refractivity contribution in [3.63, 3.8) is 0 Å². The number of aryl methyl sites for hydroxylation is 1. The van der Waals surface area contributed by atoms with Crippen LogP contribution < -0.4 is 15.1 Å². The first-order valence-electron chi connectivity index (χ1n) is 7.69. The Morgan fingerprint density at radius 3 is 2.72 bits per heavy atom. The van der Waals surface area contributed by atoms with Gasteiger partial charge in [-0.2, -0.15) is 5.10 Å². The molecule has 0 aliphatic heterocycles. The largest absolute Gasteiger partial charge is 0.495 e. The molecule has 2 aromatic carbocycles. The van der Waals surface area contributed by atoms with Crippen LogP contribution in [0.3, 0.4) is 0 Å². The number of hydrazone groups is 1. The Kier molecular flexibility index (Phi) is 4.65. The fraction of sp³-hybridized carbons (Fsp3) is 0.167. The Hall–Kier alpha value is -3.35. The Bertz CT molecular complexity index is 918. The molecule has 0 fully saturated rings. The van der Waals surface area contributed by atoms with Gasteiger partial charge in [-0.05, 0) is 41.2 Å². The molecule has 7 nitrogen and oxygen atoms in total. The molecule has 128 valence electrons. The minimum atomic E-state index is 0.378. The van der Waals surface area contributed by atoms with E-state index in [4.69, 9.17) is 4.74 Å². The molecular weight excluding hydrogens is 320 g/mol. The molecule has 0 bridgehead atoms. The fourth-order valence-corrected chi connectivity index (χ4v) is 2.40. The highest BCUT2D eigenvalue weighted by Crippen LogP contribution is 2.30. The first-order valence-corrected chi connectivity index (χ1v) is 7.69. The van der Waals surface area contributed by atoms with Crippen LogP contribution in [0.15, 0.2) is 52.2 Å². The summed E-state index contributed by atoms with van der Waals surface area (Å²) < 4.78 is 9.98. The Morgan fingerprint density at radius 2 is 2.04 bits per heavy atom. The summed E-state index contributed by atoms with van der Waals surface area (Å²) in [6, 6.07) is 13.3. The van der Waals surface area contributed by atoms with Gasteiger partial charge >= 0.3 is 0 Å². The zero-order valence-corrected chi connectivity index (χ0v) is 14.2. The van der Waals surface area contributed by atoms with Crippen molar-refractivity contribution < 1.29 is 14.3 Å². The van der Waals surface area contributed by atoms with Gasteiger partial charge in [0.25, 0.3) is 5.69 Å². The van der Waals surface area contributed by atoms with Crippen LogP contribution in [0.2, 0.25) is 0 Å². The molecule has 0 atom stereocenters. The van der Waals surface area contributed by atoms with Gasteiger partial charge < -0.3 is 9.94 Å². The summed E-state index contributed by atoms with van der Waals surface area (Å²) in [5.74, 6) is 0.627. The zero-order valence-electron chi connectivity index (χ0n) is 14.2. The standard InChI is InChI=1S/C18H18N4O3/c1-12-6-4-5-7-15(12)11-19-20-16-10-14(8-9-17(16)24-3)18-13(2)22(23)25-21-18/h4-11,20H,1-3H3/b19-11+. The van der Waals surface area contributed by atoms with E-state index in [9.17, 15) is 5.21 Å². The molecule has 3 rings (SSSR count). The maximum absolute atomic E-state index is 11.4. The number of anilines is 1. The minimum absolute atomic E-state index is 0.378. The summed E-state index contributed by atoms with van der Waals surface area (Å²) in [7, 11) is 1.58. The lowest BCUT2D eigenvalue weighted by Gasteiger charge is -2.08. The number of ether oxygens (including phenoxy) is 1. The lowest BCUT2D eigenvalue weighted by molar-refractivity contribution is -0.806. The lowest BCUT2D eigenvalue weighted by atomic mass is 10.1. The molecule has 1 heterocycles. The van der Waals surface area contributed by atoms with E-state index in [1.165, 1.54) is 0 Å². The van der Waals surface area contributed by atoms with Gasteiger partial charge in [0.2, 0.25) is 5.69 Å². The van der Waals surface area contributed by atoms with Crippen molar-refractivity contribution in [3.8, 4) is 17.0 Å². The molecule has 0 saturated carbocycles. The van der Waals surface area contributed by atoms with E-state index in [1.807, 2.05) is 31.2 Å². The van der Waals surface area contributed by atoms with Gasteiger partial charge in [0.05, 0.1) is 19.0 Å². The van der Waals surface area contributed by atoms with Gasteiger partial charge in [-0.25, -0.2) is 0 Å². The van der Waals surface area contributed by atoms with E-state index in [1.54, 1.807) is 38.4 Å². The van der Waals surface area contributed by atoms with Gasteiger partial charge in [-0.1, -0.05) is 24.3 Å². The zero-order chi connectivity index (χ0) is 17.8. The quantitative estimate of drug-likeness (QED) is 0.439. The summed E-state index contributed by atoms with van der Waals surface area (Å²) in [4.78, 5) is 0.378. The van der Waals surface area contributed by atoms with Crippen LogP contribution in [-0.2, 0) is 0 Å². The van der Waals surface area contributed by atoms with Crippen molar-refractivity contribution in [1.82, 2.24) is 5.16 Å². The molecule has 1 aromatic heterocycles. The SMILES string of the molecule is COc1ccc(-c2no[n+]([O-])c2C)cc1N/N=C/c1ccccc1C. The molecule has 0 aliphatic carbocycles. The van der Waals surface area contributed by atoms with Crippen LogP contribution in [-0.4, -0.2) is 18.5 Å². The topological polar surface area (TPSA) is 86.6 Å². The average Bonchev–Trinajstić information content (AvgIpc) is 2.96. The minimum Gasteiger partial charge on any atom is -0.495 e. The highest BCUT2D eigenvalue weighted by atomic mass is 16.8. The molecule has 0 aliphatic rings. The van der Waals surface area contributed by atoms with E-state index in [0.717, 1.165) is 16.7 Å². The molecule has 7 heteroatoms. The highest BCUT2D eigenvalue weighted by Gasteiger charge is 2.18. The van der Waals surface area contributed by atoms with E-state index in [2.05, 4.69) is 20.3 Å². The second kappa shape index (κ2) is 7.04. The van der Waals surface area contributed by atoms with Crippen molar-refractivity contribution in [1.29, 1.82) is 0 Å². The molecule has 0 radical (unpaired) electrons. The predicted molar refractivity (Wildman–Crippen MR) is 94.6 cm³/mol.